The molecule has 1 rings (SSSR count). The number of ether oxygens (including phenoxy) is 3. The summed E-state index contributed by atoms with van der Waals surface area (Å²) < 4.78 is 15.9. The number of nitrogens with one attached hydrogen (secondary N) is 1. The van der Waals surface area contributed by atoms with Gasteiger partial charge in [-0.25, -0.2) is 0 Å². The van der Waals surface area contributed by atoms with Crippen molar-refractivity contribution < 1.29 is 14.2 Å². The molecule has 0 aliphatic carbocycles. The largest absolute Gasteiger partial charge is 0.496 e. The maximum atomic E-state index is 8.99. The summed E-state index contributed by atoms with van der Waals surface area (Å²) >= 11 is 0. The normalized spacial score (nSPS) is 11.5. The van der Waals surface area contributed by atoms with Gasteiger partial charge in [0, 0.05) is 18.2 Å². The van der Waals surface area contributed by atoms with Gasteiger partial charge >= 0.3 is 0 Å². The summed E-state index contributed by atoms with van der Waals surface area (Å²) in [4.78, 5) is 0. The third-order valence-electron chi connectivity index (χ3n) is 2.54. The van der Waals surface area contributed by atoms with Gasteiger partial charge in [0.2, 0.25) is 0 Å². The minimum Gasteiger partial charge on any atom is -0.496 e. The van der Waals surface area contributed by atoms with Crippen LogP contribution in [0.3, 0.4) is 0 Å². The van der Waals surface area contributed by atoms with E-state index in [0.29, 0.717) is 17.2 Å². The first kappa shape index (κ1) is 15.1. The highest BCUT2D eigenvalue weighted by Crippen LogP contribution is 2.27. The zero-order chi connectivity index (χ0) is 14.1. The van der Waals surface area contributed by atoms with Crippen molar-refractivity contribution in [2.24, 2.45) is 0 Å². The molecule has 0 radical (unpaired) electrons. The maximum absolute atomic E-state index is 8.99. The van der Waals surface area contributed by atoms with Crippen LogP contribution in [0.1, 0.15) is 13.3 Å². The van der Waals surface area contributed by atoms with E-state index in [1.165, 1.54) is 0 Å². The smallest absolute Gasteiger partial charge is 0.130 e. The van der Waals surface area contributed by atoms with Gasteiger partial charge in [-0.2, -0.15) is 5.26 Å². The second kappa shape index (κ2) is 8.22. The van der Waals surface area contributed by atoms with E-state index in [4.69, 9.17) is 19.5 Å². The van der Waals surface area contributed by atoms with Gasteiger partial charge in [0.25, 0.3) is 0 Å². The highest BCUT2D eigenvalue weighted by molar-refractivity contribution is 5.42. The van der Waals surface area contributed by atoms with E-state index in [2.05, 4.69) is 18.3 Å². The molecular weight excluding hydrogens is 244 g/mol. The number of nitriles is 1. The van der Waals surface area contributed by atoms with Gasteiger partial charge in [0.1, 0.15) is 29.9 Å². The SMILES string of the molecule is CCCNC(C#N)COc1cc(OC)cc(OC)c1. The molecule has 1 N–H and O–H groups in total. The molecule has 0 aliphatic rings. The second-order valence-corrected chi connectivity index (χ2v) is 4.00. The Morgan fingerprint density at radius 2 is 1.74 bits per heavy atom. The first-order chi connectivity index (χ1) is 9.23. The molecular formula is C14H20N2O3. The van der Waals surface area contributed by atoms with Crippen molar-refractivity contribution in [3.8, 4) is 23.3 Å². The lowest BCUT2D eigenvalue weighted by Crippen LogP contribution is -2.33. The predicted octanol–water partition coefficient (Wildman–Crippen LogP) is 1.97. The van der Waals surface area contributed by atoms with Crippen LogP contribution in [0.25, 0.3) is 0 Å². The Hall–Kier alpha value is -1.93. The van der Waals surface area contributed by atoms with Crippen LogP contribution in [-0.2, 0) is 0 Å². The number of benzene rings is 1. The van der Waals surface area contributed by atoms with Crippen LogP contribution in [0.5, 0.6) is 17.2 Å². The summed E-state index contributed by atoms with van der Waals surface area (Å²) in [6, 6.07) is 7.13. The van der Waals surface area contributed by atoms with Crippen molar-refractivity contribution >= 4 is 0 Å². The molecule has 1 atom stereocenters. The third kappa shape index (κ3) is 5.06. The van der Waals surface area contributed by atoms with Gasteiger partial charge in [-0.1, -0.05) is 6.92 Å². The van der Waals surface area contributed by atoms with Crippen molar-refractivity contribution in [3.05, 3.63) is 18.2 Å². The molecule has 1 aromatic rings. The molecule has 0 aromatic heterocycles. The van der Waals surface area contributed by atoms with Gasteiger partial charge in [-0.15, -0.1) is 0 Å². The number of hydrogen-bond acceptors (Lipinski definition) is 5. The maximum Gasteiger partial charge on any atom is 0.130 e. The Morgan fingerprint density at radius 3 is 2.21 bits per heavy atom. The average molecular weight is 264 g/mol. The zero-order valence-corrected chi connectivity index (χ0v) is 11.6. The third-order valence-corrected chi connectivity index (χ3v) is 2.54. The van der Waals surface area contributed by atoms with Crippen LogP contribution in [0.2, 0.25) is 0 Å². The fraction of sp³-hybridized carbons (Fsp3) is 0.500. The first-order valence-electron chi connectivity index (χ1n) is 6.22. The highest BCUT2D eigenvalue weighted by Gasteiger charge is 2.08. The highest BCUT2D eigenvalue weighted by atomic mass is 16.5. The van der Waals surface area contributed by atoms with Crippen molar-refractivity contribution in [2.75, 3.05) is 27.4 Å². The van der Waals surface area contributed by atoms with E-state index in [1.54, 1.807) is 32.4 Å². The van der Waals surface area contributed by atoms with Gasteiger partial charge < -0.3 is 14.2 Å². The predicted molar refractivity (Wildman–Crippen MR) is 72.7 cm³/mol. The van der Waals surface area contributed by atoms with Crippen molar-refractivity contribution in [1.29, 1.82) is 5.26 Å². The number of nitrogens with zero attached hydrogens (tertiary/aromatic N) is 1. The average Bonchev–Trinajstić information content (AvgIpc) is 2.47. The van der Waals surface area contributed by atoms with Crippen LogP contribution in [0.4, 0.5) is 0 Å². The number of hydrogen-bond donors (Lipinski definition) is 1. The van der Waals surface area contributed by atoms with E-state index in [-0.39, 0.29) is 12.6 Å². The van der Waals surface area contributed by atoms with Crippen molar-refractivity contribution in [2.45, 2.75) is 19.4 Å². The molecule has 0 fully saturated rings. The lowest BCUT2D eigenvalue weighted by Gasteiger charge is -2.14. The summed E-state index contributed by atoms with van der Waals surface area (Å²) in [7, 11) is 3.17. The molecule has 0 saturated carbocycles. The van der Waals surface area contributed by atoms with Gasteiger partial charge in [-0.3, -0.25) is 5.32 Å². The van der Waals surface area contributed by atoms with E-state index in [0.717, 1.165) is 13.0 Å². The van der Waals surface area contributed by atoms with Gasteiger partial charge in [0.05, 0.1) is 20.3 Å². The summed E-state index contributed by atoms with van der Waals surface area (Å²) in [6.45, 7) is 3.13. The van der Waals surface area contributed by atoms with Crippen LogP contribution in [0.15, 0.2) is 18.2 Å². The molecule has 1 unspecified atom stereocenters. The van der Waals surface area contributed by atoms with Crippen molar-refractivity contribution in [3.63, 3.8) is 0 Å². The standard InChI is InChI=1S/C14H20N2O3/c1-4-5-16-11(9-15)10-19-14-7-12(17-2)6-13(8-14)18-3/h6-8,11,16H,4-5,10H2,1-3H3. The lowest BCUT2D eigenvalue weighted by molar-refractivity contribution is 0.285. The summed E-state index contributed by atoms with van der Waals surface area (Å²) in [5.41, 5.74) is 0. The molecule has 1 aromatic carbocycles. The monoisotopic (exact) mass is 264 g/mol. The number of methoxy groups -OCH3 is 2. The van der Waals surface area contributed by atoms with E-state index in [1.807, 2.05) is 0 Å². The molecule has 0 amide bonds. The van der Waals surface area contributed by atoms with E-state index in [9.17, 15) is 0 Å². The molecule has 5 nitrogen and oxygen atoms in total. The topological polar surface area (TPSA) is 63.5 Å². The first-order valence-corrected chi connectivity index (χ1v) is 6.22. The van der Waals surface area contributed by atoms with Crippen molar-refractivity contribution in [1.82, 2.24) is 5.32 Å². The Morgan fingerprint density at radius 1 is 1.16 bits per heavy atom. The van der Waals surface area contributed by atoms with Crippen LogP contribution in [-0.4, -0.2) is 33.4 Å². The summed E-state index contributed by atoms with van der Waals surface area (Å²) in [5.74, 6) is 1.93. The van der Waals surface area contributed by atoms with Crippen LogP contribution in [0, 0.1) is 11.3 Å². The summed E-state index contributed by atoms with van der Waals surface area (Å²) in [6.07, 6.45) is 0.977. The Bertz CT molecular complexity index is 407. The molecule has 19 heavy (non-hydrogen) atoms. The molecule has 0 spiro atoms. The fourth-order valence-corrected chi connectivity index (χ4v) is 1.50. The van der Waals surface area contributed by atoms with Gasteiger partial charge in [0.15, 0.2) is 0 Å². The molecule has 0 heterocycles. The van der Waals surface area contributed by atoms with Crippen LogP contribution < -0.4 is 19.5 Å². The minimum atomic E-state index is -0.322. The molecule has 104 valence electrons. The summed E-state index contributed by atoms with van der Waals surface area (Å²) in [5, 5.41) is 12.1. The Balaban J connectivity index is 2.63. The molecule has 0 aliphatic heterocycles. The Kier molecular flexibility index (Phi) is 6.55. The number of rotatable bonds is 8. The quantitative estimate of drug-likeness (QED) is 0.777. The minimum absolute atomic E-state index is 0.285. The second-order valence-electron chi connectivity index (χ2n) is 4.00. The molecule has 5 heteroatoms. The fourth-order valence-electron chi connectivity index (χ4n) is 1.50. The van der Waals surface area contributed by atoms with E-state index < -0.39 is 0 Å². The lowest BCUT2D eigenvalue weighted by atomic mass is 10.3. The van der Waals surface area contributed by atoms with Crippen LogP contribution >= 0.6 is 0 Å². The molecule has 0 saturated heterocycles. The molecule has 0 bridgehead atoms. The zero-order valence-electron chi connectivity index (χ0n) is 11.6. The van der Waals surface area contributed by atoms with Gasteiger partial charge in [-0.05, 0) is 13.0 Å². The Labute approximate surface area is 114 Å². The van der Waals surface area contributed by atoms with E-state index >= 15 is 0 Å².